The van der Waals surface area contributed by atoms with Crippen molar-refractivity contribution in [2.24, 2.45) is 0 Å². The molecule has 0 bridgehead atoms. The van der Waals surface area contributed by atoms with E-state index in [4.69, 9.17) is 9.63 Å². The zero-order chi connectivity index (χ0) is 14.2. The van der Waals surface area contributed by atoms with Gasteiger partial charge in [-0.2, -0.15) is 0 Å². The van der Waals surface area contributed by atoms with Crippen LogP contribution in [0.1, 0.15) is 29.8 Å². The summed E-state index contributed by atoms with van der Waals surface area (Å²) in [6.45, 7) is 0.768. The molecule has 106 valence electrons. The van der Waals surface area contributed by atoms with Gasteiger partial charge in [-0.1, -0.05) is 35.5 Å². The standard InChI is InChI=1S/C15H18N2O3/c18-10-6-2-5-9-16-15(19)13-11-14(20-17-13)12-7-3-1-4-8-12/h1,3-4,7-8,11,18H,2,5-6,9-10H2,(H,16,19). The lowest BCUT2D eigenvalue weighted by atomic mass is 10.1. The Hall–Kier alpha value is -2.14. The zero-order valence-corrected chi connectivity index (χ0v) is 11.2. The van der Waals surface area contributed by atoms with Crippen molar-refractivity contribution in [3.05, 3.63) is 42.1 Å². The maximum atomic E-state index is 11.8. The van der Waals surface area contributed by atoms with Crippen LogP contribution in [0.4, 0.5) is 0 Å². The number of nitrogens with zero attached hydrogens (tertiary/aromatic N) is 1. The van der Waals surface area contributed by atoms with Crippen LogP contribution in [-0.4, -0.2) is 29.3 Å². The molecule has 2 aromatic rings. The molecular formula is C15H18N2O3. The molecule has 1 aromatic heterocycles. The van der Waals surface area contributed by atoms with Gasteiger partial charge >= 0.3 is 0 Å². The number of hydrogen-bond donors (Lipinski definition) is 2. The zero-order valence-electron chi connectivity index (χ0n) is 11.2. The molecule has 2 N–H and O–H groups in total. The number of unbranched alkanes of at least 4 members (excludes halogenated alkanes) is 2. The molecule has 0 aliphatic heterocycles. The summed E-state index contributed by atoms with van der Waals surface area (Å²) >= 11 is 0. The third-order valence-corrected chi connectivity index (χ3v) is 2.92. The molecule has 0 aliphatic carbocycles. The number of carbonyl (C=O) groups excluding carboxylic acids is 1. The molecule has 0 radical (unpaired) electrons. The predicted molar refractivity (Wildman–Crippen MR) is 75.2 cm³/mol. The van der Waals surface area contributed by atoms with Crippen molar-refractivity contribution in [2.75, 3.05) is 13.2 Å². The Morgan fingerprint density at radius 3 is 2.75 bits per heavy atom. The van der Waals surface area contributed by atoms with Crippen LogP contribution in [0.25, 0.3) is 11.3 Å². The summed E-state index contributed by atoms with van der Waals surface area (Å²) in [4.78, 5) is 11.8. The maximum absolute atomic E-state index is 11.8. The van der Waals surface area contributed by atoms with Crippen LogP contribution < -0.4 is 5.32 Å². The van der Waals surface area contributed by atoms with Gasteiger partial charge in [0.2, 0.25) is 0 Å². The van der Waals surface area contributed by atoms with Gasteiger partial charge in [0.1, 0.15) is 0 Å². The number of hydrogen-bond acceptors (Lipinski definition) is 4. The maximum Gasteiger partial charge on any atom is 0.273 e. The molecule has 5 nitrogen and oxygen atoms in total. The number of carbonyl (C=O) groups is 1. The number of aliphatic hydroxyl groups excluding tert-OH is 1. The second kappa shape index (κ2) is 7.45. The quantitative estimate of drug-likeness (QED) is 0.759. The Kier molecular flexibility index (Phi) is 5.32. The average molecular weight is 274 g/mol. The van der Waals surface area contributed by atoms with Crippen LogP contribution >= 0.6 is 0 Å². The van der Waals surface area contributed by atoms with Crippen molar-refractivity contribution in [3.63, 3.8) is 0 Å². The van der Waals surface area contributed by atoms with E-state index in [0.29, 0.717) is 12.3 Å². The molecule has 1 amide bonds. The molecule has 5 heteroatoms. The van der Waals surface area contributed by atoms with Crippen molar-refractivity contribution >= 4 is 5.91 Å². The van der Waals surface area contributed by atoms with E-state index in [2.05, 4.69) is 10.5 Å². The Balaban J connectivity index is 1.87. The number of rotatable bonds is 7. The number of aliphatic hydroxyl groups is 1. The van der Waals surface area contributed by atoms with E-state index in [1.54, 1.807) is 6.07 Å². The molecule has 1 heterocycles. The van der Waals surface area contributed by atoms with Gasteiger partial charge in [0, 0.05) is 24.8 Å². The molecule has 2 rings (SSSR count). The van der Waals surface area contributed by atoms with Gasteiger partial charge in [-0.25, -0.2) is 0 Å². The lowest BCUT2D eigenvalue weighted by Crippen LogP contribution is -2.24. The van der Waals surface area contributed by atoms with Crippen molar-refractivity contribution in [1.82, 2.24) is 10.5 Å². The molecule has 20 heavy (non-hydrogen) atoms. The first-order valence-corrected chi connectivity index (χ1v) is 6.72. The van der Waals surface area contributed by atoms with Gasteiger partial charge in [0.15, 0.2) is 11.5 Å². The van der Waals surface area contributed by atoms with E-state index >= 15 is 0 Å². The van der Waals surface area contributed by atoms with E-state index in [0.717, 1.165) is 24.8 Å². The van der Waals surface area contributed by atoms with Crippen molar-refractivity contribution < 1.29 is 14.4 Å². The summed E-state index contributed by atoms with van der Waals surface area (Å²) in [7, 11) is 0. The Morgan fingerprint density at radius 2 is 2.00 bits per heavy atom. The monoisotopic (exact) mass is 274 g/mol. The van der Waals surface area contributed by atoms with Crippen LogP contribution in [-0.2, 0) is 0 Å². The van der Waals surface area contributed by atoms with Crippen LogP contribution in [0.3, 0.4) is 0 Å². The van der Waals surface area contributed by atoms with Crippen molar-refractivity contribution in [2.45, 2.75) is 19.3 Å². The lowest BCUT2D eigenvalue weighted by Gasteiger charge is -2.01. The molecule has 0 atom stereocenters. The number of amides is 1. The first kappa shape index (κ1) is 14.3. The second-order valence-electron chi connectivity index (χ2n) is 4.48. The lowest BCUT2D eigenvalue weighted by molar-refractivity contribution is 0.0944. The third-order valence-electron chi connectivity index (χ3n) is 2.92. The van der Waals surface area contributed by atoms with Crippen molar-refractivity contribution in [1.29, 1.82) is 0 Å². The third kappa shape index (κ3) is 3.93. The van der Waals surface area contributed by atoms with Crippen molar-refractivity contribution in [3.8, 4) is 11.3 Å². The summed E-state index contributed by atoms with van der Waals surface area (Å²) in [6.07, 6.45) is 2.50. The molecule has 0 saturated heterocycles. The van der Waals surface area contributed by atoms with E-state index in [-0.39, 0.29) is 18.2 Å². The van der Waals surface area contributed by atoms with E-state index in [9.17, 15) is 4.79 Å². The molecule has 1 aromatic carbocycles. The molecule has 0 fully saturated rings. The van der Waals surface area contributed by atoms with Gasteiger partial charge in [0.25, 0.3) is 5.91 Å². The molecule has 0 aliphatic rings. The number of nitrogens with one attached hydrogen (secondary N) is 1. The highest BCUT2D eigenvalue weighted by Gasteiger charge is 2.12. The molecule has 0 saturated carbocycles. The minimum atomic E-state index is -0.236. The average Bonchev–Trinajstić information content (AvgIpc) is 2.98. The van der Waals surface area contributed by atoms with Gasteiger partial charge in [-0.05, 0) is 19.3 Å². The molecule has 0 spiro atoms. The van der Waals surface area contributed by atoms with Gasteiger partial charge < -0.3 is 14.9 Å². The highest BCUT2D eigenvalue weighted by molar-refractivity contribution is 5.93. The largest absolute Gasteiger partial charge is 0.396 e. The minimum absolute atomic E-state index is 0.192. The SMILES string of the molecule is O=C(NCCCCCO)c1cc(-c2ccccc2)on1. The van der Waals surface area contributed by atoms with Crippen LogP contribution in [0, 0.1) is 0 Å². The summed E-state index contributed by atoms with van der Waals surface area (Å²) < 4.78 is 5.17. The second-order valence-corrected chi connectivity index (χ2v) is 4.48. The van der Waals surface area contributed by atoms with Crippen LogP contribution in [0.2, 0.25) is 0 Å². The van der Waals surface area contributed by atoms with Crippen LogP contribution in [0.15, 0.2) is 40.9 Å². The Morgan fingerprint density at radius 1 is 1.20 bits per heavy atom. The summed E-state index contributed by atoms with van der Waals surface area (Å²) in [5.41, 5.74) is 1.17. The van der Waals surface area contributed by atoms with E-state index < -0.39 is 0 Å². The van der Waals surface area contributed by atoms with E-state index in [1.807, 2.05) is 30.3 Å². The summed E-state index contributed by atoms with van der Waals surface area (Å²) in [5, 5.41) is 15.2. The smallest absolute Gasteiger partial charge is 0.273 e. The summed E-state index contributed by atoms with van der Waals surface area (Å²) in [5.74, 6) is 0.343. The first-order chi connectivity index (χ1) is 9.81. The molecular weight excluding hydrogens is 256 g/mol. The van der Waals surface area contributed by atoms with Gasteiger partial charge in [0.05, 0.1) is 0 Å². The summed E-state index contributed by atoms with van der Waals surface area (Å²) in [6, 6.07) is 11.2. The highest BCUT2D eigenvalue weighted by atomic mass is 16.5. The normalized spacial score (nSPS) is 10.4. The fourth-order valence-corrected chi connectivity index (χ4v) is 1.83. The Labute approximate surface area is 117 Å². The fraction of sp³-hybridized carbons (Fsp3) is 0.333. The number of benzene rings is 1. The minimum Gasteiger partial charge on any atom is -0.396 e. The predicted octanol–water partition coefficient (Wildman–Crippen LogP) is 2.23. The van der Waals surface area contributed by atoms with Gasteiger partial charge in [-0.15, -0.1) is 0 Å². The van der Waals surface area contributed by atoms with Crippen LogP contribution in [0.5, 0.6) is 0 Å². The number of aromatic nitrogens is 1. The molecule has 0 unspecified atom stereocenters. The van der Waals surface area contributed by atoms with E-state index in [1.165, 1.54) is 0 Å². The Bertz CT molecular complexity index is 537. The topological polar surface area (TPSA) is 75.4 Å². The first-order valence-electron chi connectivity index (χ1n) is 6.72. The fourth-order valence-electron chi connectivity index (χ4n) is 1.83. The van der Waals surface area contributed by atoms with Gasteiger partial charge in [-0.3, -0.25) is 4.79 Å². The highest BCUT2D eigenvalue weighted by Crippen LogP contribution is 2.19.